The van der Waals surface area contributed by atoms with Crippen molar-refractivity contribution in [1.29, 1.82) is 0 Å². The summed E-state index contributed by atoms with van der Waals surface area (Å²) in [6.07, 6.45) is 0. The van der Waals surface area contributed by atoms with E-state index < -0.39 is 11.5 Å². The zero-order valence-corrected chi connectivity index (χ0v) is 18.3. The van der Waals surface area contributed by atoms with E-state index in [4.69, 9.17) is 10.5 Å². The van der Waals surface area contributed by atoms with E-state index in [0.717, 1.165) is 16.5 Å². The molecule has 1 aliphatic heterocycles. The summed E-state index contributed by atoms with van der Waals surface area (Å²) >= 11 is 1.42. The lowest BCUT2D eigenvalue weighted by molar-refractivity contribution is 0.0512. The quantitative estimate of drug-likeness (QED) is 0.492. The first kappa shape index (κ1) is 21.1. The van der Waals surface area contributed by atoms with Gasteiger partial charge in [-0.2, -0.15) is 0 Å². The van der Waals surface area contributed by atoms with Gasteiger partial charge in [-0.05, 0) is 30.5 Å². The van der Waals surface area contributed by atoms with Crippen molar-refractivity contribution in [2.24, 2.45) is 12.8 Å². The van der Waals surface area contributed by atoms with Crippen LogP contribution in [0.15, 0.2) is 40.5 Å². The van der Waals surface area contributed by atoms with Gasteiger partial charge in [0.15, 0.2) is 0 Å². The molecule has 31 heavy (non-hydrogen) atoms. The number of anilines is 1. The molecule has 162 valence electrons. The van der Waals surface area contributed by atoms with E-state index in [0.29, 0.717) is 36.7 Å². The van der Waals surface area contributed by atoms with Gasteiger partial charge in [0.1, 0.15) is 12.3 Å². The van der Waals surface area contributed by atoms with Crippen molar-refractivity contribution in [3.63, 3.8) is 0 Å². The van der Waals surface area contributed by atoms with Crippen LogP contribution in [0.2, 0.25) is 0 Å². The van der Waals surface area contributed by atoms with E-state index in [1.165, 1.54) is 15.9 Å². The number of aryl methyl sites for hydroxylation is 2. The molecule has 8 nitrogen and oxygen atoms in total. The number of hydrogen-bond donors (Lipinski definition) is 1. The molecule has 1 amide bonds. The van der Waals surface area contributed by atoms with Gasteiger partial charge in [-0.3, -0.25) is 15.3 Å². The van der Waals surface area contributed by atoms with E-state index in [2.05, 4.69) is 0 Å². The second kappa shape index (κ2) is 8.52. The van der Waals surface area contributed by atoms with Crippen molar-refractivity contribution in [3.8, 4) is 0 Å². The number of aromatic nitrogens is 1. The number of nitrogens with zero attached hydrogens (tertiary/aromatic N) is 3. The van der Waals surface area contributed by atoms with Gasteiger partial charge in [-0.1, -0.05) is 17.7 Å². The smallest absolute Gasteiger partial charge is 0.347 e. The predicted octanol–water partition coefficient (Wildman–Crippen LogP) is 1.94. The Bertz CT molecular complexity index is 1190. The molecule has 1 saturated heterocycles. The molecule has 0 spiro atoms. The van der Waals surface area contributed by atoms with Crippen LogP contribution in [0.1, 0.15) is 25.6 Å². The number of esters is 1. The zero-order chi connectivity index (χ0) is 22.1. The molecule has 0 unspecified atom stereocenters. The van der Waals surface area contributed by atoms with Crippen molar-refractivity contribution in [1.82, 2.24) is 9.47 Å². The van der Waals surface area contributed by atoms with Crippen LogP contribution < -0.4 is 16.2 Å². The Morgan fingerprint density at radius 3 is 2.55 bits per heavy atom. The van der Waals surface area contributed by atoms with E-state index in [1.54, 1.807) is 11.9 Å². The maximum Gasteiger partial charge on any atom is 0.347 e. The fourth-order valence-corrected chi connectivity index (χ4v) is 4.69. The summed E-state index contributed by atoms with van der Waals surface area (Å²) in [5.41, 5.74) is 7.24. The van der Waals surface area contributed by atoms with Gasteiger partial charge in [0, 0.05) is 38.6 Å². The molecule has 1 aliphatic rings. The number of thiophene rings is 1. The standard InChI is InChI=1S/C22H24N4O4S/c1-14-5-6-16-15(12-14)19(18(21(28)24(16)2)22(29)30-13-23)25-7-9-26(10-8-25)20(27)17-4-3-11-31-17/h3-6,11-12H,7-10,13,23H2,1-2H3. The number of carbonyl (C=O) groups excluding carboxylic acids is 2. The van der Waals surface area contributed by atoms with Gasteiger partial charge in [-0.25, -0.2) is 4.79 Å². The maximum atomic E-state index is 13.1. The summed E-state index contributed by atoms with van der Waals surface area (Å²) in [5.74, 6) is -0.735. The number of carbonyl (C=O) groups is 2. The minimum absolute atomic E-state index is 0.00194. The van der Waals surface area contributed by atoms with Crippen LogP contribution in [0.4, 0.5) is 5.69 Å². The normalized spacial score (nSPS) is 14.2. The van der Waals surface area contributed by atoms with Crippen LogP contribution >= 0.6 is 11.3 Å². The van der Waals surface area contributed by atoms with Crippen molar-refractivity contribution in [2.45, 2.75) is 6.92 Å². The Balaban J connectivity index is 1.76. The highest BCUT2D eigenvalue weighted by Gasteiger charge is 2.30. The number of benzene rings is 1. The second-order valence-corrected chi connectivity index (χ2v) is 8.41. The highest BCUT2D eigenvalue weighted by molar-refractivity contribution is 7.12. The summed E-state index contributed by atoms with van der Waals surface area (Å²) in [7, 11) is 1.64. The summed E-state index contributed by atoms with van der Waals surface area (Å²) in [6.45, 7) is 3.63. The molecule has 3 heterocycles. The SMILES string of the molecule is Cc1ccc2c(c1)c(N1CCN(C(=O)c3cccs3)CC1)c(C(=O)OCN)c(=O)n2C. The maximum absolute atomic E-state index is 13.1. The van der Waals surface area contributed by atoms with Gasteiger partial charge in [0.25, 0.3) is 11.5 Å². The largest absolute Gasteiger partial charge is 0.446 e. The molecule has 4 rings (SSSR count). The summed E-state index contributed by atoms with van der Waals surface area (Å²) < 4.78 is 6.48. The number of hydrogen-bond acceptors (Lipinski definition) is 7. The van der Waals surface area contributed by atoms with Gasteiger partial charge in [0.2, 0.25) is 0 Å². The zero-order valence-electron chi connectivity index (χ0n) is 17.5. The number of amides is 1. The number of pyridine rings is 1. The number of ether oxygens (including phenoxy) is 1. The van der Waals surface area contributed by atoms with Gasteiger partial charge < -0.3 is 19.1 Å². The van der Waals surface area contributed by atoms with Crippen molar-refractivity contribution in [3.05, 3.63) is 62.1 Å². The molecule has 3 aromatic rings. The first-order chi connectivity index (χ1) is 14.9. The average molecular weight is 441 g/mol. The molecule has 0 bridgehead atoms. The van der Waals surface area contributed by atoms with Crippen molar-refractivity contribution < 1.29 is 14.3 Å². The van der Waals surface area contributed by atoms with E-state index in [-0.39, 0.29) is 18.2 Å². The molecule has 0 aliphatic carbocycles. The van der Waals surface area contributed by atoms with Gasteiger partial charge in [0.05, 0.1) is 16.1 Å². The first-order valence-corrected chi connectivity index (χ1v) is 10.9. The van der Waals surface area contributed by atoms with Crippen LogP contribution in [0, 0.1) is 6.92 Å². The fourth-order valence-electron chi connectivity index (χ4n) is 3.99. The van der Waals surface area contributed by atoms with E-state index >= 15 is 0 Å². The number of piperazine rings is 1. The Morgan fingerprint density at radius 2 is 1.90 bits per heavy atom. The summed E-state index contributed by atoms with van der Waals surface area (Å²) in [5, 5.41) is 2.68. The van der Waals surface area contributed by atoms with Gasteiger partial charge >= 0.3 is 5.97 Å². The topological polar surface area (TPSA) is 97.9 Å². The molecule has 0 radical (unpaired) electrons. The Morgan fingerprint density at radius 1 is 1.16 bits per heavy atom. The molecule has 2 N–H and O–H groups in total. The van der Waals surface area contributed by atoms with E-state index in [9.17, 15) is 14.4 Å². The predicted molar refractivity (Wildman–Crippen MR) is 121 cm³/mol. The third-order valence-electron chi connectivity index (χ3n) is 5.56. The highest BCUT2D eigenvalue weighted by atomic mass is 32.1. The van der Waals surface area contributed by atoms with Crippen LogP contribution in [-0.4, -0.2) is 54.3 Å². The lowest BCUT2D eigenvalue weighted by Gasteiger charge is -2.37. The first-order valence-electron chi connectivity index (χ1n) is 10.0. The van der Waals surface area contributed by atoms with Crippen LogP contribution in [0.5, 0.6) is 0 Å². The molecular formula is C22H24N4O4S. The highest BCUT2D eigenvalue weighted by Crippen LogP contribution is 2.31. The number of nitrogens with two attached hydrogens (primary N) is 1. The Hall–Kier alpha value is -3.17. The van der Waals surface area contributed by atoms with Crippen LogP contribution in [0.3, 0.4) is 0 Å². The molecular weight excluding hydrogens is 416 g/mol. The van der Waals surface area contributed by atoms with Crippen LogP contribution in [-0.2, 0) is 11.8 Å². The lowest BCUT2D eigenvalue weighted by atomic mass is 10.0. The molecule has 1 fully saturated rings. The monoisotopic (exact) mass is 440 g/mol. The Labute approximate surface area is 183 Å². The summed E-state index contributed by atoms with van der Waals surface area (Å²) in [4.78, 5) is 43.0. The number of fused-ring (bicyclic) bond motifs is 1. The van der Waals surface area contributed by atoms with E-state index in [1.807, 2.05) is 47.5 Å². The second-order valence-electron chi connectivity index (χ2n) is 7.46. The average Bonchev–Trinajstić information content (AvgIpc) is 3.30. The molecule has 9 heteroatoms. The fraction of sp³-hybridized carbons (Fsp3) is 0.318. The van der Waals surface area contributed by atoms with Crippen molar-refractivity contribution in [2.75, 3.05) is 37.8 Å². The van der Waals surface area contributed by atoms with Crippen LogP contribution in [0.25, 0.3) is 10.9 Å². The molecule has 1 aromatic carbocycles. The molecule has 2 aromatic heterocycles. The van der Waals surface area contributed by atoms with Crippen molar-refractivity contribution >= 4 is 39.8 Å². The minimum Gasteiger partial charge on any atom is -0.446 e. The Kier molecular flexibility index (Phi) is 5.79. The van der Waals surface area contributed by atoms with Gasteiger partial charge in [-0.15, -0.1) is 11.3 Å². The number of rotatable bonds is 4. The third-order valence-corrected chi connectivity index (χ3v) is 6.42. The minimum atomic E-state index is -0.737. The third kappa shape index (κ3) is 3.82. The summed E-state index contributed by atoms with van der Waals surface area (Å²) in [6, 6.07) is 9.45. The molecule has 0 saturated carbocycles. The molecule has 0 atom stereocenters. The lowest BCUT2D eigenvalue weighted by Crippen LogP contribution is -2.49.